The first-order chi connectivity index (χ1) is 7.27. The zero-order valence-electron chi connectivity index (χ0n) is 8.08. The van der Waals surface area contributed by atoms with Crippen LogP contribution in [0.1, 0.15) is 10.5 Å². The fourth-order valence-electron chi connectivity index (χ4n) is 1.16. The zero-order chi connectivity index (χ0) is 10.7. The number of aromatic nitrogens is 4. The number of nitrogens with zero attached hydrogens (tertiary/aromatic N) is 4. The number of aryl methyl sites for hydroxylation is 1. The van der Waals surface area contributed by atoms with E-state index >= 15 is 0 Å². The Balaban J connectivity index is 2.15. The smallest absolute Gasteiger partial charge is 0.274 e. The van der Waals surface area contributed by atoms with E-state index in [2.05, 4.69) is 20.4 Å². The normalized spacial score (nSPS) is 9.93. The van der Waals surface area contributed by atoms with Gasteiger partial charge in [0.15, 0.2) is 0 Å². The molecule has 0 bridgehead atoms. The summed E-state index contributed by atoms with van der Waals surface area (Å²) in [6.45, 7) is 0. The Kier molecular flexibility index (Phi) is 2.40. The third-order valence-electron chi connectivity index (χ3n) is 1.87. The maximum Gasteiger partial charge on any atom is 0.274 e. The lowest BCUT2D eigenvalue weighted by atomic mass is 10.4. The van der Waals surface area contributed by atoms with Crippen LogP contribution >= 0.6 is 0 Å². The van der Waals surface area contributed by atoms with Gasteiger partial charge in [-0.3, -0.25) is 9.48 Å². The van der Waals surface area contributed by atoms with Gasteiger partial charge in [-0.05, 0) is 6.07 Å². The number of anilines is 1. The predicted octanol–water partition coefficient (Wildman–Crippen LogP) is 0.462. The van der Waals surface area contributed by atoms with E-state index in [4.69, 9.17) is 0 Å². The zero-order valence-corrected chi connectivity index (χ0v) is 8.08. The van der Waals surface area contributed by atoms with E-state index in [0.717, 1.165) is 0 Å². The minimum Gasteiger partial charge on any atom is -0.318 e. The molecule has 6 heteroatoms. The maximum atomic E-state index is 11.7. The summed E-state index contributed by atoms with van der Waals surface area (Å²) in [4.78, 5) is 19.3. The highest BCUT2D eigenvalue weighted by Crippen LogP contribution is 2.04. The molecule has 2 aromatic heterocycles. The van der Waals surface area contributed by atoms with Gasteiger partial charge < -0.3 is 5.32 Å². The van der Waals surface area contributed by atoms with Gasteiger partial charge in [-0.1, -0.05) is 0 Å². The Morgan fingerprint density at radius 1 is 1.40 bits per heavy atom. The fraction of sp³-hybridized carbons (Fsp3) is 0.111. The van der Waals surface area contributed by atoms with Crippen LogP contribution in [0.2, 0.25) is 0 Å². The first-order valence-electron chi connectivity index (χ1n) is 4.32. The molecule has 6 nitrogen and oxygen atoms in total. The first kappa shape index (κ1) is 9.32. The van der Waals surface area contributed by atoms with E-state index in [-0.39, 0.29) is 5.91 Å². The molecule has 15 heavy (non-hydrogen) atoms. The molecule has 2 rings (SSSR count). The number of hydrogen-bond acceptors (Lipinski definition) is 4. The summed E-state index contributed by atoms with van der Waals surface area (Å²) in [5.41, 5.74) is 1.04. The second-order valence-corrected chi connectivity index (χ2v) is 2.92. The van der Waals surface area contributed by atoms with Crippen molar-refractivity contribution in [1.82, 2.24) is 19.7 Å². The quantitative estimate of drug-likeness (QED) is 0.769. The van der Waals surface area contributed by atoms with Gasteiger partial charge in [0, 0.05) is 13.2 Å². The summed E-state index contributed by atoms with van der Waals surface area (Å²) in [7, 11) is 1.70. The van der Waals surface area contributed by atoms with E-state index in [0.29, 0.717) is 11.4 Å². The molecular formula is C9H9N5O. The number of carbonyl (C=O) groups excluding carboxylic acids is 1. The van der Waals surface area contributed by atoms with Gasteiger partial charge in [0.1, 0.15) is 12.0 Å². The van der Waals surface area contributed by atoms with E-state index in [1.54, 1.807) is 19.3 Å². The number of amides is 1. The molecule has 0 radical (unpaired) electrons. The van der Waals surface area contributed by atoms with Crippen molar-refractivity contribution in [2.45, 2.75) is 0 Å². The van der Waals surface area contributed by atoms with Crippen LogP contribution in [0.15, 0.2) is 31.0 Å². The monoisotopic (exact) mass is 203 g/mol. The van der Waals surface area contributed by atoms with E-state index in [1.807, 2.05) is 0 Å². The molecule has 0 aromatic carbocycles. The standard InChI is InChI=1S/C9H9N5O/c1-14-8(2-3-12-14)9(15)13-7-4-10-6-11-5-7/h2-6H,1H3,(H,13,15). The first-order valence-corrected chi connectivity index (χ1v) is 4.32. The van der Waals surface area contributed by atoms with Crippen LogP contribution in [0.25, 0.3) is 0 Å². The van der Waals surface area contributed by atoms with Gasteiger partial charge in [-0.15, -0.1) is 0 Å². The number of carbonyl (C=O) groups is 1. The predicted molar refractivity (Wildman–Crippen MR) is 53.2 cm³/mol. The van der Waals surface area contributed by atoms with Gasteiger partial charge in [-0.2, -0.15) is 5.10 Å². The molecule has 0 saturated carbocycles. The molecule has 0 aliphatic heterocycles. The largest absolute Gasteiger partial charge is 0.318 e. The molecule has 2 heterocycles. The fourth-order valence-corrected chi connectivity index (χ4v) is 1.16. The van der Waals surface area contributed by atoms with Crippen molar-refractivity contribution in [1.29, 1.82) is 0 Å². The third kappa shape index (κ3) is 1.98. The van der Waals surface area contributed by atoms with Crippen molar-refractivity contribution < 1.29 is 4.79 Å². The highest BCUT2D eigenvalue weighted by molar-refractivity contribution is 6.02. The van der Waals surface area contributed by atoms with E-state index in [1.165, 1.54) is 23.4 Å². The van der Waals surface area contributed by atoms with Crippen molar-refractivity contribution in [2.24, 2.45) is 7.05 Å². The van der Waals surface area contributed by atoms with Gasteiger partial charge in [0.2, 0.25) is 0 Å². The third-order valence-corrected chi connectivity index (χ3v) is 1.87. The molecule has 2 aromatic rings. The van der Waals surface area contributed by atoms with Crippen LogP contribution in [-0.4, -0.2) is 25.7 Å². The molecule has 0 spiro atoms. The summed E-state index contributed by atoms with van der Waals surface area (Å²) in [6, 6.07) is 1.64. The molecule has 0 atom stereocenters. The minimum absolute atomic E-state index is 0.232. The molecule has 0 saturated heterocycles. The lowest BCUT2D eigenvalue weighted by molar-refractivity contribution is 0.101. The van der Waals surface area contributed by atoms with Crippen LogP contribution in [0.5, 0.6) is 0 Å². The molecule has 0 fully saturated rings. The maximum absolute atomic E-state index is 11.7. The molecular weight excluding hydrogens is 194 g/mol. The Morgan fingerprint density at radius 2 is 2.13 bits per heavy atom. The number of rotatable bonds is 2. The van der Waals surface area contributed by atoms with E-state index in [9.17, 15) is 4.79 Å². The second kappa shape index (κ2) is 3.87. The van der Waals surface area contributed by atoms with Crippen molar-refractivity contribution in [3.63, 3.8) is 0 Å². The Bertz CT molecular complexity index is 464. The molecule has 76 valence electrons. The van der Waals surface area contributed by atoms with Gasteiger partial charge >= 0.3 is 0 Å². The average Bonchev–Trinajstić information content (AvgIpc) is 2.66. The summed E-state index contributed by atoms with van der Waals surface area (Å²) >= 11 is 0. The molecule has 1 N–H and O–H groups in total. The molecule has 0 unspecified atom stereocenters. The van der Waals surface area contributed by atoms with E-state index < -0.39 is 0 Å². The van der Waals surface area contributed by atoms with Crippen LogP contribution < -0.4 is 5.32 Å². The van der Waals surface area contributed by atoms with Crippen molar-refractivity contribution in [2.75, 3.05) is 5.32 Å². The molecule has 1 amide bonds. The van der Waals surface area contributed by atoms with Crippen LogP contribution in [0.3, 0.4) is 0 Å². The van der Waals surface area contributed by atoms with Gasteiger partial charge in [0.05, 0.1) is 18.1 Å². The van der Waals surface area contributed by atoms with Crippen molar-refractivity contribution in [3.05, 3.63) is 36.7 Å². The summed E-state index contributed by atoms with van der Waals surface area (Å²) < 4.78 is 1.50. The summed E-state index contributed by atoms with van der Waals surface area (Å²) in [5, 5.41) is 6.56. The topological polar surface area (TPSA) is 72.7 Å². The Labute approximate surface area is 86.0 Å². The van der Waals surface area contributed by atoms with Crippen molar-refractivity contribution >= 4 is 11.6 Å². The van der Waals surface area contributed by atoms with Crippen molar-refractivity contribution in [3.8, 4) is 0 Å². The van der Waals surface area contributed by atoms with Gasteiger partial charge in [-0.25, -0.2) is 9.97 Å². The van der Waals surface area contributed by atoms with Crippen LogP contribution in [0, 0.1) is 0 Å². The van der Waals surface area contributed by atoms with Gasteiger partial charge in [0.25, 0.3) is 5.91 Å². The molecule has 0 aliphatic carbocycles. The second-order valence-electron chi connectivity index (χ2n) is 2.92. The van der Waals surface area contributed by atoms with Crippen LogP contribution in [-0.2, 0) is 7.05 Å². The highest BCUT2D eigenvalue weighted by Gasteiger charge is 2.09. The lowest BCUT2D eigenvalue weighted by Crippen LogP contribution is -2.16. The summed E-state index contributed by atoms with van der Waals surface area (Å²) in [5.74, 6) is -0.232. The highest BCUT2D eigenvalue weighted by atomic mass is 16.2. The Morgan fingerprint density at radius 3 is 2.73 bits per heavy atom. The minimum atomic E-state index is -0.232. The SMILES string of the molecule is Cn1nccc1C(=O)Nc1cncnc1. The summed E-state index contributed by atoms with van der Waals surface area (Å²) in [6.07, 6.45) is 6.03. The average molecular weight is 203 g/mol. The van der Waals surface area contributed by atoms with Crippen LogP contribution in [0.4, 0.5) is 5.69 Å². The molecule has 0 aliphatic rings. The lowest BCUT2D eigenvalue weighted by Gasteiger charge is -2.03. The number of nitrogens with one attached hydrogen (secondary N) is 1. The number of hydrogen-bond donors (Lipinski definition) is 1. The Hall–Kier alpha value is -2.24.